The molecule has 0 radical (unpaired) electrons. The average Bonchev–Trinajstić information content (AvgIpc) is 2.23. The molecule has 0 saturated carbocycles. The van der Waals surface area contributed by atoms with E-state index in [1.54, 1.807) is 24.3 Å². The molecule has 0 bridgehead atoms. The van der Waals surface area contributed by atoms with Crippen LogP contribution in [-0.2, 0) is 0 Å². The molecule has 1 aromatic carbocycles. The van der Waals surface area contributed by atoms with Crippen molar-refractivity contribution in [2.45, 2.75) is 0 Å². The maximum absolute atomic E-state index is 13.5. The van der Waals surface area contributed by atoms with E-state index < -0.39 is 0 Å². The van der Waals surface area contributed by atoms with Gasteiger partial charge in [-0.3, -0.25) is 0 Å². The third-order valence-corrected chi connectivity index (χ3v) is 2.41. The van der Waals surface area contributed by atoms with E-state index in [0.29, 0.717) is 16.8 Å². The third kappa shape index (κ3) is 1.78. The Morgan fingerprint density at radius 3 is 2.60 bits per heavy atom. The van der Waals surface area contributed by atoms with Crippen LogP contribution >= 0.6 is 11.6 Å². The minimum absolute atomic E-state index is 0.191. The van der Waals surface area contributed by atoms with E-state index in [2.05, 4.69) is 4.98 Å². The van der Waals surface area contributed by atoms with Gasteiger partial charge in [0.1, 0.15) is 5.82 Å². The van der Waals surface area contributed by atoms with Crippen molar-refractivity contribution in [3.05, 3.63) is 47.5 Å². The van der Waals surface area contributed by atoms with Gasteiger partial charge in [-0.1, -0.05) is 29.8 Å². The molecule has 2 rings (SSSR count). The molecule has 0 aliphatic carbocycles. The molecule has 0 aliphatic rings. The quantitative estimate of drug-likeness (QED) is 0.753. The Bertz CT molecular complexity index is 500. The molecule has 4 heteroatoms. The highest BCUT2D eigenvalue weighted by atomic mass is 35.5. The zero-order valence-electron chi connectivity index (χ0n) is 7.74. The van der Waals surface area contributed by atoms with Gasteiger partial charge in [-0.05, 0) is 12.1 Å². The SMILES string of the molecule is Nc1c(-c2ccccc2F)ccnc1Cl. The van der Waals surface area contributed by atoms with Crippen LogP contribution in [0, 0.1) is 5.82 Å². The molecule has 0 amide bonds. The van der Waals surface area contributed by atoms with Crippen molar-refractivity contribution in [2.24, 2.45) is 0 Å². The third-order valence-electron chi connectivity index (χ3n) is 2.11. The highest BCUT2D eigenvalue weighted by molar-refractivity contribution is 6.32. The van der Waals surface area contributed by atoms with Gasteiger partial charge in [-0.25, -0.2) is 9.37 Å². The molecule has 0 saturated heterocycles. The van der Waals surface area contributed by atoms with Crippen molar-refractivity contribution >= 4 is 17.3 Å². The lowest BCUT2D eigenvalue weighted by Gasteiger charge is -2.07. The Morgan fingerprint density at radius 1 is 1.13 bits per heavy atom. The maximum Gasteiger partial charge on any atom is 0.152 e. The monoisotopic (exact) mass is 222 g/mol. The molecule has 1 heterocycles. The first-order chi connectivity index (χ1) is 7.20. The number of pyridine rings is 1. The standard InChI is InChI=1S/C11H8ClFN2/c12-11-10(14)8(5-6-15-11)7-3-1-2-4-9(7)13/h1-6H,14H2. The first-order valence-electron chi connectivity index (χ1n) is 4.35. The minimum Gasteiger partial charge on any atom is -0.396 e. The Hall–Kier alpha value is -1.61. The molecule has 2 N–H and O–H groups in total. The van der Waals surface area contributed by atoms with Crippen LogP contribution in [-0.4, -0.2) is 4.98 Å². The van der Waals surface area contributed by atoms with E-state index in [9.17, 15) is 4.39 Å². The number of anilines is 1. The van der Waals surface area contributed by atoms with E-state index in [1.165, 1.54) is 12.3 Å². The van der Waals surface area contributed by atoms with Gasteiger partial charge in [0.05, 0.1) is 5.69 Å². The van der Waals surface area contributed by atoms with E-state index in [1.807, 2.05) is 0 Å². The molecule has 0 atom stereocenters. The summed E-state index contributed by atoms with van der Waals surface area (Å²) < 4.78 is 13.5. The maximum atomic E-state index is 13.5. The molecular weight excluding hydrogens is 215 g/mol. The normalized spacial score (nSPS) is 10.3. The lowest BCUT2D eigenvalue weighted by atomic mass is 10.1. The van der Waals surface area contributed by atoms with Crippen molar-refractivity contribution < 1.29 is 4.39 Å². The molecule has 2 nitrogen and oxygen atoms in total. The number of nitrogens with zero attached hydrogens (tertiary/aromatic N) is 1. The molecule has 0 aliphatic heterocycles. The van der Waals surface area contributed by atoms with Crippen LogP contribution in [0.25, 0.3) is 11.1 Å². The molecule has 0 fully saturated rings. The zero-order valence-corrected chi connectivity index (χ0v) is 8.50. The zero-order chi connectivity index (χ0) is 10.8. The number of benzene rings is 1. The van der Waals surface area contributed by atoms with Gasteiger partial charge >= 0.3 is 0 Å². The number of rotatable bonds is 1. The van der Waals surface area contributed by atoms with Crippen LogP contribution in [0.1, 0.15) is 0 Å². The summed E-state index contributed by atoms with van der Waals surface area (Å²) in [7, 11) is 0. The molecule has 2 aromatic rings. The number of hydrogen-bond acceptors (Lipinski definition) is 2. The summed E-state index contributed by atoms with van der Waals surface area (Å²) in [6, 6.07) is 8.03. The van der Waals surface area contributed by atoms with E-state index >= 15 is 0 Å². The summed E-state index contributed by atoms with van der Waals surface area (Å²) in [5.74, 6) is -0.327. The van der Waals surface area contributed by atoms with Crippen LogP contribution in [0.15, 0.2) is 36.5 Å². The van der Waals surface area contributed by atoms with Crippen LogP contribution < -0.4 is 5.73 Å². The number of halogens is 2. The largest absolute Gasteiger partial charge is 0.396 e. The average molecular weight is 223 g/mol. The Kier molecular flexibility index (Phi) is 2.56. The fourth-order valence-electron chi connectivity index (χ4n) is 1.36. The van der Waals surface area contributed by atoms with Gasteiger partial charge in [-0.15, -0.1) is 0 Å². The van der Waals surface area contributed by atoms with Crippen molar-refractivity contribution in [1.29, 1.82) is 0 Å². The predicted octanol–water partition coefficient (Wildman–Crippen LogP) is 3.12. The molecule has 1 aromatic heterocycles. The topological polar surface area (TPSA) is 38.9 Å². The van der Waals surface area contributed by atoms with Gasteiger partial charge in [0.25, 0.3) is 0 Å². The summed E-state index contributed by atoms with van der Waals surface area (Å²) in [5.41, 5.74) is 7.01. The van der Waals surface area contributed by atoms with Crippen molar-refractivity contribution in [1.82, 2.24) is 4.98 Å². The van der Waals surface area contributed by atoms with Crippen molar-refractivity contribution in [3.63, 3.8) is 0 Å². The van der Waals surface area contributed by atoms with Gasteiger partial charge < -0.3 is 5.73 Å². The van der Waals surface area contributed by atoms with E-state index in [0.717, 1.165) is 0 Å². The molecule has 0 unspecified atom stereocenters. The number of hydrogen-bond donors (Lipinski definition) is 1. The number of aromatic nitrogens is 1. The highest BCUT2D eigenvalue weighted by Crippen LogP contribution is 2.31. The number of nitrogens with two attached hydrogens (primary N) is 1. The Labute approximate surface area is 91.5 Å². The second-order valence-corrected chi connectivity index (χ2v) is 3.40. The predicted molar refractivity (Wildman–Crippen MR) is 59.1 cm³/mol. The summed E-state index contributed by atoms with van der Waals surface area (Å²) >= 11 is 5.76. The van der Waals surface area contributed by atoms with Gasteiger partial charge in [0.2, 0.25) is 0 Å². The highest BCUT2D eigenvalue weighted by Gasteiger charge is 2.09. The first-order valence-corrected chi connectivity index (χ1v) is 4.73. The van der Waals surface area contributed by atoms with Crippen molar-refractivity contribution in [2.75, 3.05) is 5.73 Å². The Morgan fingerprint density at radius 2 is 1.87 bits per heavy atom. The fourth-order valence-corrected chi connectivity index (χ4v) is 1.52. The number of nitrogen functional groups attached to an aromatic ring is 1. The molecule has 76 valence electrons. The van der Waals surface area contributed by atoms with Crippen LogP contribution in [0.3, 0.4) is 0 Å². The lowest BCUT2D eigenvalue weighted by Crippen LogP contribution is -1.94. The van der Waals surface area contributed by atoms with E-state index in [-0.39, 0.29) is 11.0 Å². The summed E-state index contributed by atoms with van der Waals surface area (Å²) in [6.45, 7) is 0. The molecular formula is C11H8ClFN2. The minimum atomic E-state index is -0.327. The van der Waals surface area contributed by atoms with Crippen LogP contribution in [0.4, 0.5) is 10.1 Å². The van der Waals surface area contributed by atoms with Crippen LogP contribution in [0.2, 0.25) is 5.15 Å². The van der Waals surface area contributed by atoms with Gasteiger partial charge in [0, 0.05) is 17.3 Å². The smallest absolute Gasteiger partial charge is 0.152 e. The molecule has 15 heavy (non-hydrogen) atoms. The van der Waals surface area contributed by atoms with Crippen molar-refractivity contribution in [3.8, 4) is 11.1 Å². The molecule has 0 spiro atoms. The van der Waals surface area contributed by atoms with Gasteiger partial charge in [0.15, 0.2) is 5.15 Å². The first kappa shape index (κ1) is 9.93. The summed E-state index contributed by atoms with van der Waals surface area (Å²) in [6.07, 6.45) is 1.50. The lowest BCUT2D eigenvalue weighted by molar-refractivity contribution is 0.631. The van der Waals surface area contributed by atoms with Crippen LogP contribution in [0.5, 0.6) is 0 Å². The van der Waals surface area contributed by atoms with E-state index in [4.69, 9.17) is 17.3 Å². The van der Waals surface area contributed by atoms with Gasteiger partial charge in [-0.2, -0.15) is 0 Å². The second kappa shape index (κ2) is 3.87. The fraction of sp³-hybridized carbons (Fsp3) is 0. The summed E-state index contributed by atoms with van der Waals surface area (Å²) in [5, 5.41) is 0.191. The second-order valence-electron chi connectivity index (χ2n) is 3.04. The summed E-state index contributed by atoms with van der Waals surface area (Å²) in [4.78, 5) is 3.81. The Balaban J connectivity index is 2.65.